The van der Waals surface area contributed by atoms with Crippen molar-refractivity contribution in [3.05, 3.63) is 69.2 Å². The third-order valence-electron chi connectivity index (χ3n) is 3.13. The average Bonchev–Trinajstić information content (AvgIpc) is 2.47. The SMILES string of the molecule is OCC(Cc1ccccc1)NCc1cc(Cl)ccc1Br. The van der Waals surface area contributed by atoms with E-state index in [-0.39, 0.29) is 12.6 Å². The van der Waals surface area contributed by atoms with Crippen molar-refractivity contribution in [2.24, 2.45) is 0 Å². The first kappa shape index (κ1) is 15.5. The molecule has 0 aliphatic rings. The smallest absolute Gasteiger partial charge is 0.0587 e. The molecule has 0 radical (unpaired) electrons. The number of hydrogen-bond donors (Lipinski definition) is 2. The maximum Gasteiger partial charge on any atom is 0.0587 e. The molecule has 4 heteroatoms. The van der Waals surface area contributed by atoms with Crippen LogP contribution < -0.4 is 5.32 Å². The number of aliphatic hydroxyl groups is 1. The van der Waals surface area contributed by atoms with Gasteiger partial charge < -0.3 is 10.4 Å². The topological polar surface area (TPSA) is 32.3 Å². The number of nitrogens with one attached hydrogen (secondary N) is 1. The van der Waals surface area contributed by atoms with Gasteiger partial charge in [0.2, 0.25) is 0 Å². The van der Waals surface area contributed by atoms with Gasteiger partial charge in [-0.25, -0.2) is 0 Å². The maximum absolute atomic E-state index is 9.49. The Morgan fingerprint density at radius 2 is 1.90 bits per heavy atom. The molecule has 0 fully saturated rings. The lowest BCUT2D eigenvalue weighted by molar-refractivity contribution is 0.240. The van der Waals surface area contributed by atoms with Crippen molar-refractivity contribution in [3.63, 3.8) is 0 Å². The zero-order valence-electron chi connectivity index (χ0n) is 11.0. The minimum Gasteiger partial charge on any atom is -0.395 e. The van der Waals surface area contributed by atoms with Crippen LogP contribution in [0.2, 0.25) is 5.02 Å². The van der Waals surface area contributed by atoms with Crippen LogP contribution in [0, 0.1) is 0 Å². The summed E-state index contributed by atoms with van der Waals surface area (Å²) in [7, 11) is 0. The third kappa shape index (κ3) is 4.60. The van der Waals surface area contributed by atoms with Gasteiger partial charge in [0.05, 0.1) is 6.61 Å². The lowest BCUT2D eigenvalue weighted by Gasteiger charge is -2.17. The van der Waals surface area contributed by atoms with Crippen LogP contribution in [0.25, 0.3) is 0 Å². The molecule has 2 N–H and O–H groups in total. The normalized spacial score (nSPS) is 12.3. The standard InChI is InChI=1S/C16H17BrClNO/c17-16-7-6-14(18)9-13(16)10-19-15(11-20)8-12-4-2-1-3-5-12/h1-7,9,15,19-20H,8,10-11H2. The molecule has 2 aromatic rings. The summed E-state index contributed by atoms with van der Waals surface area (Å²) >= 11 is 9.51. The molecule has 20 heavy (non-hydrogen) atoms. The van der Waals surface area contributed by atoms with Crippen LogP contribution in [-0.2, 0) is 13.0 Å². The van der Waals surface area contributed by atoms with Crippen molar-refractivity contribution >= 4 is 27.5 Å². The molecule has 0 heterocycles. The molecule has 2 rings (SSSR count). The van der Waals surface area contributed by atoms with Crippen LogP contribution in [-0.4, -0.2) is 17.8 Å². The van der Waals surface area contributed by atoms with Gasteiger partial charge in [0.15, 0.2) is 0 Å². The van der Waals surface area contributed by atoms with E-state index in [1.54, 1.807) is 0 Å². The Morgan fingerprint density at radius 1 is 1.15 bits per heavy atom. The Balaban J connectivity index is 1.95. The summed E-state index contributed by atoms with van der Waals surface area (Å²) in [5, 5.41) is 13.6. The van der Waals surface area contributed by atoms with E-state index in [0.717, 1.165) is 16.5 Å². The van der Waals surface area contributed by atoms with Gasteiger partial charge in [-0.05, 0) is 35.7 Å². The highest BCUT2D eigenvalue weighted by Crippen LogP contribution is 2.21. The van der Waals surface area contributed by atoms with E-state index in [0.29, 0.717) is 11.6 Å². The third-order valence-corrected chi connectivity index (χ3v) is 4.14. The Labute approximate surface area is 132 Å². The molecule has 0 aliphatic heterocycles. The summed E-state index contributed by atoms with van der Waals surface area (Å²) in [6, 6.07) is 15.9. The van der Waals surface area contributed by atoms with Crippen molar-refractivity contribution < 1.29 is 5.11 Å². The van der Waals surface area contributed by atoms with Crippen LogP contribution in [0.4, 0.5) is 0 Å². The minimum atomic E-state index is 0.0308. The summed E-state index contributed by atoms with van der Waals surface area (Å²) < 4.78 is 1.02. The van der Waals surface area contributed by atoms with E-state index in [4.69, 9.17) is 11.6 Å². The van der Waals surface area contributed by atoms with E-state index in [1.807, 2.05) is 36.4 Å². The van der Waals surface area contributed by atoms with Crippen molar-refractivity contribution in [3.8, 4) is 0 Å². The molecule has 2 aromatic carbocycles. The Bertz CT molecular complexity index is 547. The molecular formula is C16H17BrClNO. The fraction of sp³-hybridized carbons (Fsp3) is 0.250. The summed E-state index contributed by atoms with van der Waals surface area (Å²) in [5.74, 6) is 0. The molecular weight excluding hydrogens is 338 g/mol. The molecule has 106 valence electrons. The van der Waals surface area contributed by atoms with Crippen LogP contribution >= 0.6 is 27.5 Å². The predicted octanol–water partition coefficient (Wildman–Crippen LogP) is 3.80. The highest BCUT2D eigenvalue weighted by molar-refractivity contribution is 9.10. The molecule has 0 bridgehead atoms. The van der Waals surface area contributed by atoms with Crippen molar-refractivity contribution in [2.75, 3.05) is 6.61 Å². The highest BCUT2D eigenvalue weighted by Gasteiger charge is 2.09. The monoisotopic (exact) mass is 353 g/mol. The zero-order valence-corrected chi connectivity index (χ0v) is 13.4. The van der Waals surface area contributed by atoms with Gasteiger partial charge >= 0.3 is 0 Å². The first-order valence-corrected chi connectivity index (χ1v) is 7.68. The second-order valence-electron chi connectivity index (χ2n) is 4.69. The number of halogens is 2. The lowest BCUT2D eigenvalue weighted by Crippen LogP contribution is -2.34. The Hall–Kier alpha value is -0.870. The fourth-order valence-electron chi connectivity index (χ4n) is 2.03. The number of aliphatic hydroxyl groups excluding tert-OH is 1. The van der Waals surface area contributed by atoms with Gasteiger partial charge in [0, 0.05) is 22.1 Å². The molecule has 0 spiro atoms. The molecule has 1 unspecified atom stereocenters. The highest BCUT2D eigenvalue weighted by atomic mass is 79.9. The average molecular weight is 355 g/mol. The van der Waals surface area contributed by atoms with Crippen molar-refractivity contribution in [1.82, 2.24) is 5.32 Å². The number of hydrogen-bond acceptors (Lipinski definition) is 2. The first-order valence-electron chi connectivity index (χ1n) is 6.51. The molecule has 1 atom stereocenters. The molecule has 2 nitrogen and oxygen atoms in total. The molecule has 0 aliphatic carbocycles. The van der Waals surface area contributed by atoms with Crippen LogP contribution in [0.3, 0.4) is 0 Å². The minimum absolute atomic E-state index is 0.0308. The van der Waals surface area contributed by atoms with Gasteiger partial charge in [0.1, 0.15) is 0 Å². The quantitative estimate of drug-likeness (QED) is 0.827. The second kappa shape index (κ2) is 7.79. The van der Waals surface area contributed by atoms with Gasteiger partial charge in [-0.3, -0.25) is 0 Å². The van der Waals surface area contributed by atoms with E-state index < -0.39 is 0 Å². The molecule has 0 amide bonds. The summed E-state index contributed by atoms with van der Waals surface area (Å²) in [6.07, 6.45) is 0.801. The number of rotatable bonds is 6. The zero-order chi connectivity index (χ0) is 14.4. The molecule has 0 saturated heterocycles. The largest absolute Gasteiger partial charge is 0.395 e. The van der Waals surface area contributed by atoms with Crippen LogP contribution in [0.1, 0.15) is 11.1 Å². The van der Waals surface area contributed by atoms with Crippen molar-refractivity contribution in [1.29, 1.82) is 0 Å². The van der Waals surface area contributed by atoms with Gasteiger partial charge in [-0.15, -0.1) is 0 Å². The molecule has 0 saturated carbocycles. The van der Waals surface area contributed by atoms with Gasteiger partial charge in [-0.1, -0.05) is 57.9 Å². The Kier molecular flexibility index (Phi) is 6.05. The second-order valence-corrected chi connectivity index (χ2v) is 5.98. The predicted molar refractivity (Wildman–Crippen MR) is 87.0 cm³/mol. The maximum atomic E-state index is 9.49. The summed E-state index contributed by atoms with van der Waals surface area (Å²) in [4.78, 5) is 0. The van der Waals surface area contributed by atoms with E-state index in [2.05, 4.69) is 33.4 Å². The Morgan fingerprint density at radius 3 is 2.60 bits per heavy atom. The first-order chi connectivity index (χ1) is 9.69. The lowest BCUT2D eigenvalue weighted by atomic mass is 10.1. The van der Waals surface area contributed by atoms with Crippen LogP contribution in [0.5, 0.6) is 0 Å². The summed E-state index contributed by atoms with van der Waals surface area (Å²) in [6.45, 7) is 0.770. The number of benzene rings is 2. The molecule has 0 aromatic heterocycles. The van der Waals surface area contributed by atoms with Gasteiger partial charge in [0.25, 0.3) is 0 Å². The van der Waals surface area contributed by atoms with Crippen molar-refractivity contribution in [2.45, 2.75) is 19.0 Å². The fourth-order valence-corrected chi connectivity index (χ4v) is 2.61. The van der Waals surface area contributed by atoms with E-state index in [9.17, 15) is 5.11 Å². The van der Waals surface area contributed by atoms with Gasteiger partial charge in [-0.2, -0.15) is 0 Å². The van der Waals surface area contributed by atoms with E-state index in [1.165, 1.54) is 5.56 Å². The van der Waals surface area contributed by atoms with E-state index >= 15 is 0 Å². The summed E-state index contributed by atoms with van der Waals surface area (Å²) in [5.41, 5.74) is 2.30. The van der Waals surface area contributed by atoms with Crippen LogP contribution in [0.15, 0.2) is 53.0 Å².